The van der Waals surface area contributed by atoms with Gasteiger partial charge >= 0.3 is 40.2 Å². The molecule has 0 saturated heterocycles. The van der Waals surface area contributed by atoms with Crippen molar-refractivity contribution in [3.8, 4) is 145 Å². The summed E-state index contributed by atoms with van der Waals surface area (Å²) >= 11 is 0. The Morgan fingerprint density at radius 2 is 0.373 bits per heavy atom. The van der Waals surface area contributed by atoms with Crippen molar-refractivity contribution in [1.82, 2.24) is 49.8 Å². The molecular formula is C106H58Ir2N10. The predicted octanol–water partition coefficient (Wildman–Crippen LogP) is 25.3. The van der Waals surface area contributed by atoms with E-state index < -0.39 is 0 Å². The Labute approximate surface area is 706 Å². The molecule has 550 valence electrons. The SMILES string of the molecule is [Ir+3].[Ir+3].[c-]1cc(-c2ccccc2-c2cc(-c3ccccc3-c3c[c-]c4c(c3)ncc3cccnc34)cc(-c3ccccc3-c3c[c-]c4c(c3)ncc3cccnc34)c2)cnc1-c1[c-]cc(-c2ccccc2-c2cc(-c3ccccc3-c3c[c-]c4c(c3)ncc3cccnc34)cc(-c3ccccc3-c3c[c-]c4c(c3)ncc3cccnc34)c2)cn1. The van der Waals surface area contributed by atoms with Crippen LogP contribution in [0.3, 0.4) is 0 Å². The van der Waals surface area contributed by atoms with Gasteiger partial charge in [-0.3, -0.25) is 0 Å². The van der Waals surface area contributed by atoms with Crippen molar-refractivity contribution in [3.63, 3.8) is 0 Å². The average Bonchev–Trinajstić information content (AvgIpc) is 0.762. The molecule has 10 aromatic heterocycles. The molecule has 0 amide bonds. The van der Waals surface area contributed by atoms with Crippen LogP contribution in [0.15, 0.2) is 353 Å². The van der Waals surface area contributed by atoms with Crippen molar-refractivity contribution in [1.29, 1.82) is 0 Å². The number of pyridine rings is 10. The average molecular weight is 1860 g/mol. The molecule has 10 nitrogen and oxygen atoms in total. The number of rotatable bonds is 13. The first-order valence-electron chi connectivity index (χ1n) is 38.3. The maximum absolute atomic E-state index is 5.12. The Morgan fingerprint density at radius 3 is 0.585 bits per heavy atom. The van der Waals surface area contributed by atoms with Crippen LogP contribution in [-0.2, 0) is 40.2 Å². The van der Waals surface area contributed by atoms with Crippen LogP contribution in [0.2, 0.25) is 0 Å². The van der Waals surface area contributed by atoms with Gasteiger partial charge in [0.2, 0.25) is 0 Å². The first-order chi connectivity index (χ1) is 57.5. The van der Waals surface area contributed by atoms with Gasteiger partial charge in [-0.25, -0.2) is 12.1 Å². The summed E-state index contributed by atoms with van der Waals surface area (Å²) in [6.45, 7) is 0. The first kappa shape index (κ1) is 72.5. The Balaban J connectivity index is 0.00000447. The third-order valence-corrected chi connectivity index (χ3v) is 22.1. The van der Waals surface area contributed by atoms with Gasteiger partial charge in [-0.15, -0.1) is 84.2 Å². The molecule has 0 aliphatic rings. The number of nitrogens with zero attached hydrogens (tertiary/aromatic N) is 10. The van der Waals surface area contributed by atoms with Gasteiger partial charge in [0.25, 0.3) is 0 Å². The van der Waals surface area contributed by atoms with Gasteiger partial charge in [-0.05, 0) is 205 Å². The van der Waals surface area contributed by atoms with E-state index in [0.29, 0.717) is 11.4 Å². The number of fused-ring (bicyclic) bond motifs is 12. The fraction of sp³-hybridized carbons (Fsp3) is 0. The van der Waals surface area contributed by atoms with Gasteiger partial charge in [0.15, 0.2) is 0 Å². The molecule has 0 fully saturated rings. The van der Waals surface area contributed by atoms with E-state index in [1.165, 1.54) is 0 Å². The summed E-state index contributed by atoms with van der Waals surface area (Å²) in [6.07, 6.45) is 18.7. The molecule has 0 bridgehead atoms. The molecule has 10 heterocycles. The number of hydrogen-bond acceptors (Lipinski definition) is 10. The van der Waals surface area contributed by atoms with Gasteiger partial charge in [-0.1, -0.05) is 258 Å². The summed E-state index contributed by atoms with van der Waals surface area (Å²) in [4.78, 5) is 48.9. The molecule has 0 aliphatic carbocycles. The van der Waals surface area contributed by atoms with Gasteiger partial charge in [0.05, 0.1) is 0 Å². The standard InChI is InChI=1S/C106H58N10.2Ir/c1-7-27-87(81(21-1)65-33-39-93-99(55-65)113-61-71-17-13-45-107-103(71)93)75-49-76(88-28-8-2-22-82(88)66-34-40-94-100(56-66)114-62-72-18-14-46-108-104(72)94)52-79(51-75)91-31-11-5-25-85(91)69-37-43-97(111-59-69)98-44-38-70(60-112-98)86-26-6-12-32-92(86)80-53-77(89-29-9-3-23-83(89)67-35-41-95-101(57-67)115-63-73-19-15-47-109-105(73)95)50-78(54-80)90-30-10-4-24-84(90)68-36-42-96-102(58-68)116-64-74-20-16-48-110-106(74)96;;/h1-38,45-64H;;/q-6;2*+3. The van der Waals surface area contributed by atoms with E-state index in [-0.39, 0.29) is 40.2 Å². The van der Waals surface area contributed by atoms with Gasteiger partial charge in [-0.2, -0.15) is 12.1 Å². The smallest absolute Gasteiger partial charge is 0.357 e. The maximum atomic E-state index is 5.12. The van der Waals surface area contributed by atoms with Crippen LogP contribution < -0.4 is 0 Å². The zero-order chi connectivity index (χ0) is 76.6. The van der Waals surface area contributed by atoms with Crippen LogP contribution >= 0.6 is 0 Å². The summed E-state index contributed by atoms with van der Waals surface area (Å²) in [6, 6.07) is 124. The van der Waals surface area contributed by atoms with Crippen molar-refractivity contribution < 1.29 is 40.2 Å². The Morgan fingerprint density at radius 1 is 0.169 bits per heavy atom. The zero-order valence-electron chi connectivity index (χ0n) is 62.6. The van der Waals surface area contributed by atoms with Crippen molar-refractivity contribution in [2.45, 2.75) is 0 Å². The van der Waals surface area contributed by atoms with Crippen LogP contribution in [0.4, 0.5) is 0 Å². The molecule has 0 unspecified atom stereocenters. The molecule has 12 heteroatoms. The quantitative estimate of drug-likeness (QED) is 0.0813. The second kappa shape index (κ2) is 30.7. The van der Waals surface area contributed by atoms with Gasteiger partial charge < -0.3 is 49.8 Å². The monoisotopic (exact) mass is 1860 g/mol. The Bertz CT molecular complexity index is 6930. The number of aromatic nitrogens is 10. The maximum Gasteiger partial charge on any atom is 3.00 e. The molecule has 118 heavy (non-hydrogen) atoms. The van der Waals surface area contributed by atoms with Crippen LogP contribution in [0.25, 0.3) is 232 Å². The van der Waals surface area contributed by atoms with Gasteiger partial charge in [0.1, 0.15) is 0 Å². The Hall–Kier alpha value is -14.5. The summed E-state index contributed by atoms with van der Waals surface area (Å²) < 4.78 is 0. The summed E-state index contributed by atoms with van der Waals surface area (Å²) in [5.74, 6) is 0. The molecule has 0 saturated carbocycles. The van der Waals surface area contributed by atoms with E-state index in [9.17, 15) is 0 Å². The molecule has 0 N–H and O–H groups in total. The molecule has 12 aromatic carbocycles. The van der Waals surface area contributed by atoms with E-state index in [4.69, 9.17) is 49.8 Å². The van der Waals surface area contributed by atoms with E-state index in [2.05, 4.69) is 267 Å². The second-order valence-corrected chi connectivity index (χ2v) is 29.0. The van der Waals surface area contributed by atoms with E-state index >= 15 is 0 Å². The van der Waals surface area contributed by atoms with Crippen molar-refractivity contribution in [3.05, 3.63) is 390 Å². The van der Waals surface area contributed by atoms with Crippen LogP contribution in [0.1, 0.15) is 0 Å². The predicted molar refractivity (Wildman–Crippen MR) is 468 cm³/mol. The van der Waals surface area contributed by atoms with Crippen LogP contribution in [0, 0.1) is 36.4 Å². The molecule has 0 spiro atoms. The molecular weight excluding hydrogens is 1800 g/mol. The topological polar surface area (TPSA) is 129 Å². The third-order valence-electron chi connectivity index (χ3n) is 22.1. The van der Waals surface area contributed by atoms with Crippen molar-refractivity contribution >= 4 is 87.2 Å². The van der Waals surface area contributed by atoms with Crippen LogP contribution in [-0.4, -0.2) is 49.8 Å². The third kappa shape index (κ3) is 13.1. The molecule has 22 aromatic rings. The van der Waals surface area contributed by atoms with Crippen LogP contribution in [0.5, 0.6) is 0 Å². The Kier molecular flexibility index (Phi) is 18.9. The van der Waals surface area contributed by atoms with E-state index in [1.807, 2.05) is 123 Å². The normalized spacial score (nSPS) is 11.4. The van der Waals surface area contributed by atoms with Crippen molar-refractivity contribution in [2.75, 3.05) is 0 Å². The summed E-state index contributed by atoms with van der Waals surface area (Å²) in [5, 5.41) is 7.43. The fourth-order valence-electron chi connectivity index (χ4n) is 16.6. The molecule has 22 rings (SSSR count). The van der Waals surface area contributed by atoms with Gasteiger partial charge in [0, 0.05) is 49.6 Å². The first-order valence-corrected chi connectivity index (χ1v) is 38.3. The van der Waals surface area contributed by atoms with E-state index in [1.54, 1.807) is 0 Å². The number of benzene rings is 12. The fourth-order valence-corrected chi connectivity index (χ4v) is 16.6. The largest absolute Gasteiger partial charge is 3.00 e. The summed E-state index contributed by atoms with van der Waals surface area (Å²) in [5.41, 5.74) is 32.4. The molecule has 0 aliphatic heterocycles. The molecule has 0 radical (unpaired) electrons. The number of hydrogen-bond donors (Lipinski definition) is 0. The molecule has 0 atom stereocenters. The minimum absolute atomic E-state index is 0. The minimum Gasteiger partial charge on any atom is -0.357 e. The van der Waals surface area contributed by atoms with Crippen molar-refractivity contribution in [2.24, 2.45) is 0 Å². The minimum atomic E-state index is 0. The summed E-state index contributed by atoms with van der Waals surface area (Å²) in [7, 11) is 0. The zero-order valence-corrected chi connectivity index (χ0v) is 67.4. The second-order valence-electron chi connectivity index (χ2n) is 29.0. The van der Waals surface area contributed by atoms with E-state index in [0.717, 1.165) is 221 Å².